The maximum Gasteiger partial charge on any atom is 0.250 e. The third kappa shape index (κ3) is 18.0. The smallest absolute Gasteiger partial charge is 0.250 e. The number of benzene rings is 2. The molecule has 0 aliphatic carbocycles. The highest BCUT2D eigenvalue weighted by molar-refractivity contribution is 5.94. The Bertz CT molecular complexity index is 1210. The van der Waals surface area contributed by atoms with Crippen LogP contribution in [0.1, 0.15) is 57.8 Å². The minimum absolute atomic E-state index is 0.132. The van der Waals surface area contributed by atoms with Crippen LogP contribution >= 0.6 is 0 Å². The average Bonchev–Trinajstić information content (AvgIpc) is 2.98. The first kappa shape index (κ1) is 36.8. The molecule has 0 heterocycles. The van der Waals surface area contributed by atoms with Crippen LogP contribution in [0, 0.1) is 0 Å². The Morgan fingerprint density at radius 1 is 0.907 bits per heavy atom. The highest BCUT2D eigenvalue weighted by atomic mass is 16.5. The Balaban J connectivity index is 0.000000650. The molecule has 0 atom stereocenters. The van der Waals surface area contributed by atoms with Crippen molar-refractivity contribution in [2.75, 3.05) is 33.8 Å². The van der Waals surface area contributed by atoms with Crippen LogP contribution in [-0.2, 0) is 19.2 Å². The number of unbranched alkanes of at least 4 members (excludes halogenated alkanes) is 4. The van der Waals surface area contributed by atoms with Crippen LogP contribution in [0.3, 0.4) is 0 Å². The van der Waals surface area contributed by atoms with Gasteiger partial charge in [0.2, 0.25) is 23.6 Å². The molecule has 4 amide bonds. The Labute approximate surface area is 254 Å². The summed E-state index contributed by atoms with van der Waals surface area (Å²) in [5, 5.41) is 13.6. The third-order valence-electron chi connectivity index (χ3n) is 6.19. The van der Waals surface area contributed by atoms with Crippen molar-refractivity contribution in [1.82, 2.24) is 15.7 Å². The van der Waals surface area contributed by atoms with Crippen molar-refractivity contribution in [3.8, 4) is 5.75 Å². The molecular formula is C32H47N5O6. The van der Waals surface area contributed by atoms with Crippen LogP contribution in [-0.4, -0.2) is 67.5 Å². The fourth-order valence-electron chi connectivity index (χ4n) is 3.93. The number of rotatable bonds is 19. The molecule has 2 aromatic rings. The first-order valence-electron chi connectivity index (χ1n) is 14.5. The molecule has 43 heavy (non-hydrogen) atoms. The number of carbonyl (C=O) groups is 4. The van der Waals surface area contributed by atoms with Gasteiger partial charge in [-0.05, 0) is 83.1 Å². The van der Waals surface area contributed by atoms with E-state index in [1.165, 1.54) is 6.08 Å². The number of carbonyl (C=O) groups excluding carboxylic acids is 4. The summed E-state index contributed by atoms with van der Waals surface area (Å²) in [6, 6.07) is 13.8. The van der Waals surface area contributed by atoms with Crippen molar-refractivity contribution in [1.29, 1.82) is 0 Å². The molecule has 0 saturated heterocycles. The molecular weight excluding hydrogens is 550 g/mol. The molecule has 11 nitrogen and oxygen atoms in total. The van der Waals surface area contributed by atoms with Gasteiger partial charge in [-0.3, -0.25) is 24.4 Å². The standard InChI is InChI=1S/C24H33N3O4.C8H14N2O2/c1-27(2)17-9-16-25-24(29)20(11-4-3-5-15-23(28)26-30)18-31-22-14-8-12-19-10-6-7-13-21(19)22;9-7(11)5-3-1-2-4-6-8(10)12/h6-8,10-14,30H,3-5,9,15-18H2,1-2H3,(H,25,29)(H,26,28);3,5H,1-2,4,6H2,(H2,9,11)(H2,10,12)/b20-11+;. The molecule has 0 spiro atoms. The van der Waals surface area contributed by atoms with Gasteiger partial charge in [-0.1, -0.05) is 48.6 Å². The molecule has 7 N–H and O–H groups in total. The average molecular weight is 598 g/mol. The van der Waals surface area contributed by atoms with Crippen LogP contribution in [0.2, 0.25) is 0 Å². The molecule has 2 rings (SSSR count). The van der Waals surface area contributed by atoms with Gasteiger partial charge in [-0.25, -0.2) is 5.48 Å². The van der Waals surface area contributed by atoms with E-state index in [0.29, 0.717) is 31.4 Å². The van der Waals surface area contributed by atoms with E-state index in [0.717, 1.165) is 55.2 Å². The molecule has 0 bridgehead atoms. The molecule has 0 aromatic heterocycles. The minimum Gasteiger partial charge on any atom is -0.488 e. The molecule has 0 radical (unpaired) electrons. The maximum absolute atomic E-state index is 12.7. The molecule has 0 aliphatic rings. The Morgan fingerprint density at radius 3 is 2.30 bits per heavy atom. The summed E-state index contributed by atoms with van der Waals surface area (Å²) < 4.78 is 6.03. The lowest BCUT2D eigenvalue weighted by Crippen LogP contribution is -2.30. The fraction of sp³-hybridized carbons (Fsp3) is 0.438. The van der Waals surface area contributed by atoms with Gasteiger partial charge in [0.25, 0.3) is 0 Å². The van der Waals surface area contributed by atoms with Gasteiger partial charge in [-0.15, -0.1) is 0 Å². The zero-order chi connectivity index (χ0) is 31.9. The number of ether oxygens (including phenoxy) is 1. The third-order valence-corrected chi connectivity index (χ3v) is 6.19. The Morgan fingerprint density at radius 2 is 1.60 bits per heavy atom. The van der Waals surface area contributed by atoms with Gasteiger partial charge < -0.3 is 26.4 Å². The molecule has 0 aliphatic heterocycles. The van der Waals surface area contributed by atoms with Crippen LogP contribution in [0.25, 0.3) is 10.8 Å². The second kappa shape index (κ2) is 22.4. The van der Waals surface area contributed by atoms with Gasteiger partial charge in [0.15, 0.2) is 0 Å². The number of primary amides is 2. The summed E-state index contributed by atoms with van der Waals surface area (Å²) in [5.74, 6) is -0.517. The number of nitrogens with two attached hydrogens (primary N) is 2. The monoisotopic (exact) mass is 597 g/mol. The van der Waals surface area contributed by atoms with Crippen LogP contribution < -0.4 is 27.0 Å². The van der Waals surface area contributed by atoms with Gasteiger partial charge >= 0.3 is 0 Å². The highest BCUT2D eigenvalue weighted by Gasteiger charge is 2.11. The number of allylic oxidation sites excluding steroid dienone is 2. The zero-order valence-corrected chi connectivity index (χ0v) is 25.3. The second-order valence-corrected chi connectivity index (χ2v) is 10.2. The summed E-state index contributed by atoms with van der Waals surface area (Å²) in [4.78, 5) is 46.4. The predicted octanol–water partition coefficient (Wildman–Crippen LogP) is 3.35. The normalized spacial score (nSPS) is 11.2. The van der Waals surface area contributed by atoms with Crippen molar-refractivity contribution in [2.24, 2.45) is 11.5 Å². The molecule has 0 unspecified atom stereocenters. The van der Waals surface area contributed by atoms with E-state index in [-0.39, 0.29) is 24.8 Å². The second-order valence-electron chi connectivity index (χ2n) is 10.2. The topological polar surface area (TPSA) is 177 Å². The van der Waals surface area contributed by atoms with Crippen LogP contribution in [0.15, 0.2) is 66.3 Å². The van der Waals surface area contributed by atoms with Crippen LogP contribution in [0.4, 0.5) is 0 Å². The Kier molecular flexibility index (Phi) is 19.2. The van der Waals surface area contributed by atoms with E-state index in [4.69, 9.17) is 21.4 Å². The molecule has 11 heteroatoms. The largest absolute Gasteiger partial charge is 0.488 e. The summed E-state index contributed by atoms with van der Waals surface area (Å²) in [6.45, 7) is 1.67. The summed E-state index contributed by atoms with van der Waals surface area (Å²) in [5.41, 5.74) is 12.0. The van der Waals surface area contributed by atoms with Crippen LogP contribution in [0.5, 0.6) is 5.75 Å². The predicted molar refractivity (Wildman–Crippen MR) is 168 cm³/mol. The van der Waals surface area contributed by atoms with Gasteiger partial charge in [-0.2, -0.15) is 0 Å². The van der Waals surface area contributed by atoms with E-state index in [2.05, 4.69) is 10.2 Å². The number of hydroxylamine groups is 1. The van der Waals surface area contributed by atoms with E-state index in [1.54, 1.807) is 11.6 Å². The zero-order valence-electron chi connectivity index (χ0n) is 25.3. The Hall–Kier alpha value is -4.22. The molecule has 2 aromatic carbocycles. The van der Waals surface area contributed by atoms with Crippen molar-refractivity contribution < 1.29 is 29.1 Å². The molecule has 0 fully saturated rings. The quantitative estimate of drug-likeness (QED) is 0.0713. The number of hydrogen-bond acceptors (Lipinski definition) is 7. The van der Waals surface area contributed by atoms with Crippen molar-refractivity contribution >= 4 is 34.4 Å². The van der Waals surface area contributed by atoms with Crippen molar-refractivity contribution in [3.05, 3.63) is 66.3 Å². The van der Waals surface area contributed by atoms with E-state index in [1.807, 2.05) is 62.6 Å². The molecule has 236 valence electrons. The van der Waals surface area contributed by atoms with Gasteiger partial charge in [0.05, 0.1) is 5.57 Å². The first-order chi connectivity index (χ1) is 20.6. The summed E-state index contributed by atoms with van der Waals surface area (Å²) in [7, 11) is 4.00. The SMILES string of the molecule is CN(C)CCCNC(=O)/C(=C/CCCCC(=O)NO)COc1cccc2ccccc12.NC(=O)C=CCCCCC(N)=O. The minimum atomic E-state index is -0.440. The maximum atomic E-state index is 12.7. The van der Waals surface area contributed by atoms with E-state index >= 15 is 0 Å². The van der Waals surface area contributed by atoms with Gasteiger partial charge in [0, 0.05) is 24.8 Å². The highest BCUT2D eigenvalue weighted by Crippen LogP contribution is 2.25. The van der Waals surface area contributed by atoms with E-state index in [9.17, 15) is 19.2 Å². The van der Waals surface area contributed by atoms with Gasteiger partial charge in [0.1, 0.15) is 12.4 Å². The summed E-state index contributed by atoms with van der Waals surface area (Å²) >= 11 is 0. The lowest BCUT2D eigenvalue weighted by atomic mass is 10.1. The van der Waals surface area contributed by atoms with Crippen molar-refractivity contribution in [3.63, 3.8) is 0 Å². The number of amides is 4. The number of fused-ring (bicyclic) bond motifs is 1. The number of nitrogens with one attached hydrogen (secondary N) is 2. The lowest BCUT2D eigenvalue weighted by molar-refractivity contribution is -0.129. The first-order valence-corrected chi connectivity index (χ1v) is 14.5. The van der Waals surface area contributed by atoms with E-state index < -0.39 is 11.8 Å². The number of nitrogens with zero attached hydrogens (tertiary/aromatic N) is 1. The lowest BCUT2D eigenvalue weighted by Gasteiger charge is -2.14. The molecule has 0 saturated carbocycles. The number of hydrogen-bond donors (Lipinski definition) is 5. The van der Waals surface area contributed by atoms with Crippen molar-refractivity contribution in [2.45, 2.75) is 57.8 Å². The summed E-state index contributed by atoms with van der Waals surface area (Å²) in [6.07, 6.45) is 10.8. The fourth-order valence-corrected chi connectivity index (χ4v) is 3.93.